The van der Waals surface area contributed by atoms with E-state index in [-0.39, 0.29) is 17.4 Å². The van der Waals surface area contributed by atoms with Gasteiger partial charge in [-0.15, -0.1) is 0 Å². The Labute approximate surface area is 126 Å². The summed E-state index contributed by atoms with van der Waals surface area (Å²) < 4.78 is 31.1. The molecule has 1 aromatic carbocycles. The van der Waals surface area contributed by atoms with Crippen molar-refractivity contribution in [1.82, 2.24) is 15.4 Å². The van der Waals surface area contributed by atoms with Gasteiger partial charge in [0, 0.05) is 18.2 Å². The van der Waals surface area contributed by atoms with Crippen molar-refractivity contribution in [2.75, 3.05) is 27.2 Å². The summed E-state index contributed by atoms with van der Waals surface area (Å²) in [6.45, 7) is 1.38. The molecule has 0 radical (unpaired) electrons. The fraction of sp³-hybridized carbons (Fsp3) is 0.333. The van der Waals surface area contributed by atoms with Gasteiger partial charge in [0.25, 0.3) is 5.91 Å². The van der Waals surface area contributed by atoms with Gasteiger partial charge in [-0.05, 0) is 45.3 Å². The lowest BCUT2D eigenvalue weighted by Crippen LogP contribution is -2.27. The summed E-state index contributed by atoms with van der Waals surface area (Å²) >= 11 is 0. The van der Waals surface area contributed by atoms with E-state index in [9.17, 15) is 13.6 Å². The fourth-order valence-corrected chi connectivity index (χ4v) is 1.86. The van der Waals surface area contributed by atoms with Crippen LogP contribution in [0.4, 0.5) is 8.78 Å². The van der Waals surface area contributed by atoms with E-state index < -0.39 is 11.6 Å². The van der Waals surface area contributed by atoms with E-state index in [0.29, 0.717) is 12.1 Å². The second-order valence-electron chi connectivity index (χ2n) is 5.12. The van der Waals surface area contributed by atoms with Gasteiger partial charge in [-0.2, -0.15) is 0 Å². The average molecular weight is 309 g/mol. The number of halogens is 2. The highest BCUT2D eigenvalue weighted by atomic mass is 19.2. The van der Waals surface area contributed by atoms with Crippen LogP contribution in [0.25, 0.3) is 11.3 Å². The van der Waals surface area contributed by atoms with Crippen LogP contribution in [0.15, 0.2) is 28.8 Å². The second kappa shape index (κ2) is 7.13. The first-order valence-corrected chi connectivity index (χ1v) is 6.82. The molecule has 7 heteroatoms. The van der Waals surface area contributed by atoms with Crippen molar-refractivity contribution in [3.05, 3.63) is 41.6 Å². The van der Waals surface area contributed by atoms with Crippen molar-refractivity contribution < 1.29 is 18.1 Å². The number of benzene rings is 1. The first-order chi connectivity index (χ1) is 10.5. The molecule has 118 valence electrons. The van der Waals surface area contributed by atoms with Crippen LogP contribution >= 0.6 is 0 Å². The highest BCUT2D eigenvalue weighted by Crippen LogP contribution is 2.22. The summed E-state index contributed by atoms with van der Waals surface area (Å²) in [5.41, 5.74) is 0.419. The van der Waals surface area contributed by atoms with Crippen LogP contribution in [-0.2, 0) is 0 Å². The molecule has 1 heterocycles. The van der Waals surface area contributed by atoms with E-state index in [0.717, 1.165) is 25.1 Å². The third-order valence-corrected chi connectivity index (χ3v) is 3.01. The van der Waals surface area contributed by atoms with Crippen molar-refractivity contribution >= 4 is 5.91 Å². The zero-order chi connectivity index (χ0) is 16.1. The van der Waals surface area contributed by atoms with Crippen molar-refractivity contribution in [2.45, 2.75) is 6.42 Å². The first-order valence-electron chi connectivity index (χ1n) is 6.82. The number of hydrogen-bond donors (Lipinski definition) is 1. The number of amides is 1. The molecule has 1 N–H and O–H groups in total. The van der Waals surface area contributed by atoms with Gasteiger partial charge in [-0.1, -0.05) is 5.16 Å². The van der Waals surface area contributed by atoms with Crippen LogP contribution in [0.2, 0.25) is 0 Å². The number of rotatable bonds is 6. The van der Waals surface area contributed by atoms with Crippen LogP contribution in [0.5, 0.6) is 0 Å². The molecule has 22 heavy (non-hydrogen) atoms. The summed E-state index contributed by atoms with van der Waals surface area (Å²) in [6, 6.07) is 4.74. The standard InChI is InChI=1S/C15H17F2N3O2/c1-20(2)7-3-6-18-15(21)13-9-14(22-19-13)10-4-5-11(16)12(17)8-10/h4-5,8-9H,3,6-7H2,1-2H3,(H,18,21). The van der Waals surface area contributed by atoms with Crippen molar-refractivity contribution in [3.8, 4) is 11.3 Å². The number of nitrogens with zero attached hydrogens (tertiary/aromatic N) is 2. The average Bonchev–Trinajstić information content (AvgIpc) is 2.96. The van der Waals surface area contributed by atoms with E-state index >= 15 is 0 Å². The number of nitrogens with one attached hydrogen (secondary N) is 1. The molecule has 0 aliphatic carbocycles. The van der Waals surface area contributed by atoms with E-state index in [1.54, 1.807) is 0 Å². The van der Waals surface area contributed by atoms with E-state index in [1.807, 2.05) is 19.0 Å². The van der Waals surface area contributed by atoms with Gasteiger partial charge in [0.2, 0.25) is 0 Å². The number of carbonyl (C=O) groups excluding carboxylic acids is 1. The van der Waals surface area contributed by atoms with Gasteiger partial charge in [-0.25, -0.2) is 8.78 Å². The van der Waals surface area contributed by atoms with Crippen LogP contribution in [0.1, 0.15) is 16.9 Å². The molecule has 0 atom stereocenters. The number of aromatic nitrogens is 1. The van der Waals surface area contributed by atoms with Crippen molar-refractivity contribution in [2.24, 2.45) is 0 Å². The molecule has 0 saturated heterocycles. The summed E-state index contributed by atoms with van der Waals surface area (Å²) in [7, 11) is 3.90. The molecule has 0 unspecified atom stereocenters. The van der Waals surface area contributed by atoms with Crippen LogP contribution < -0.4 is 5.32 Å². The van der Waals surface area contributed by atoms with Crippen molar-refractivity contribution in [3.63, 3.8) is 0 Å². The maximum atomic E-state index is 13.2. The molecular formula is C15H17F2N3O2. The number of hydrogen-bond acceptors (Lipinski definition) is 4. The summed E-state index contributed by atoms with van der Waals surface area (Å²) in [5, 5.41) is 6.36. The zero-order valence-electron chi connectivity index (χ0n) is 12.4. The molecule has 5 nitrogen and oxygen atoms in total. The Kier molecular flexibility index (Phi) is 5.21. The Morgan fingerprint density at radius 3 is 2.73 bits per heavy atom. The Morgan fingerprint density at radius 2 is 2.05 bits per heavy atom. The molecule has 0 saturated carbocycles. The SMILES string of the molecule is CN(C)CCCNC(=O)c1cc(-c2ccc(F)c(F)c2)on1. The van der Waals surface area contributed by atoms with Crippen molar-refractivity contribution in [1.29, 1.82) is 0 Å². The molecule has 2 rings (SSSR count). The largest absolute Gasteiger partial charge is 0.355 e. The lowest BCUT2D eigenvalue weighted by Gasteiger charge is -2.08. The highest BCUT2D eigenvalue weighted by molar-refractivity contribution is 5.93. The predicted molar refractivity (Wildman–Crippen MR) is 77.4 cm³/mol. The first kappa shape index (κ1) is 16.1. The Balaban J connectivity index is 1.98. The van der Waals surface area contributed by atoms with Gasteiger partial charge >= 0.3 is 0 Å². The Bertz CT molecular complexity index is 656. The summed E-state index contributed by atoms with van der Waals surface area (Å²) in [4.78, 5) is 13.9. The number of carbonyl (C=O) groups is 1. The second-order valence-corrected chi connectivity index (χ2v) is 5.12. The molecule has 0 aliphatic heterocycles. The molecule has 0 aliphatic rings. The van der Waals surface area contributed by atoms with Crippen LogP contribution in [0, 0.1) is 11.6 Å². The smallest absolute Gasteiger partial charge is 0.273 e. The normalized spacial score (nSPS) is 11.0. The molecular weight excluding hydrogens is 292 g/mol. The molecule has 2 aromatic rings. The third-order valence-electron chi connectivity index (χ3n) is 3.01. The van der Waals surface area contributed by atoms with Crippen LogP contribution in [0.3, 0.4) is 0 Å². The Morgan fingerprint density at radius 1 is 1.27 bits per heavy atom. The monoisotopic (exact) mass is 309 g/mol. The minimum Gasteiger partial charge on any atom is -0.355 e. The van der Waals surface area contributed by atoms with E-state index in [1.165, 1.54) is 12.1 Å². The van der Waals surface area contributed by atoms with Gasteiger partial charge in [0.1, 0.15) is 0 Å². The van der Waals surface area contributed by atoms with Gasteiger partial charge in [0.05, 0.1) is 0 Å². The highest BCUT2D eigenvalue weighted by Gasteiger charge is 2.14. The quantitative estimate of drug-likeness (QED) is 0.832. The topological polar surface area (TPSA) is 58.4 Å². The predicted octanol–water partition coefficient (Wildman–Crippen LogP) is 2.30. The maximum Gasteiger partial charge on any atom is 0.273 e. The van der Waals surface area contributed by atoms with Gasteiger partial charge < -0.3 is 14.7 Å². The zero-order valence-corrected chi connectivity index (χ0v) is 12.4. The van der Waals surface area contributed by atoms with Crippen LogP contribution in [-0.4, -0.2) is 43.1 Å². The summed E-state index contributed by atoms with van der Waals surface area (Å²) in [6.07, 6.45) is 0.812. The summed E-state index contributed by atoms with van der Waals surface area (Å²) in [5.74, 6) is -2.08. The third kappa shape index (κ3) is 4.11. The molecule has 1 aromatic heterocycles. The molecule has 0 spiro atoms. The van der Waals surface area contributed by atoms with E-state index in [2.05, 4.69) is 10.5 Å². The fourth-order valence-electron chi connectivity index (χ4n) is 1.86. The molecule has 0 fully saturated rings. The van der Waals surface area contributed by atoms with Gasteiger partial charge in [-0.3, -0.25) is 4.79 Å². The minimum atomic E-state index is -0.983. The Hall–Kier alpha value is -2.28. The minimum absolute atomic E-state index is 0.101. The lowest BCUT2D eigenvalue weighted by atomic mass is 10.1. The lowest BCUT2D eigenvalue weighted by molar-refractivity contribution is 0.0943. The van der Waals surface area contributed by atoms with Gasteiger partial charge in [0.15, 0.2) is 23.1 Å². The van der Waals surface area contributed by atoms with E-state index in [4.69, 9.17) is 4.52 Å². The molecule has 1 amide bonds. The maximum absolute atomic E-state index is 13.2. The molecule has 0 bridgehead atoms.